The Morgan fingerprint density at radius 2 is 2.00 bits per heavy atom. The largest absolute Gasteiger partial charge is 0.396 e. The van der Waals surface area contributed by atoms with Crippen molar-refractivity contribution in [3.63, 3.8) is 0 Å². The molecule has 0 aromatic heterocycles. The van der Waals surface area contributed by atoms with Crippen LogP contribution in [-0.2, 0) is 0 Å². The fourth-order valence-electron chi connectivity index (χ4n) is 1.65. The van der Waals surface area contributed by atoms with Gasteiger partial charge in [0.25, 0.3) is 0 Å². The number of rotatable bonds is 2. The first-order chi connectivity index (χ1) is 4.84. The van der Waals surface area contributed by atoms with Gasteiger partial charge in [0.15, 0.2) is 0 Å². The molecule has 0 bridgehead atoms. The molecule has 0 unspecified atom stereocenters. The van der Waals surface area contributed by atoms with E-state index in [1.807, 2.05) is 0 Å². The molecule has 0 heterocycles. The van der Waals surface area contributed by atoms with Gasteiger partial charge in [0.1, 0.15) is 6.17 Å². The van der Waals surface area contributed by atoms with Crippen LogP contribution in [0.3, 0.4) is 0 Å². The molecule has 0 saturated heterocycles. The highest BCUT2D eigenvalue weighted by atomic mass is 19.1. The quantitative estimate of drug-likeness (QED) is 0.630. The summed E-state index contributed by atoms with van der Waals surface area (Å²) in [6.45, 7) is 0.144. The van der Waals surface area contributed by atoms with Gasteiger partial charge >= 0.3 is 0 Å². The first kappa shape index (κ1) is 7.99. The molecule has 0 radical (unpaired) electrons. The van der Waals surface area contributed by atoms with Gasteiger partial charge in [-0.2, -0.15) is 0 Å². The fraction of sp³-hybridized carbons (Fsp3) is 1.00. The van der Waals surface area contributed by atoms with Crippen molar-refractivity contribution in [3.05, 3.63) is 0 Å². The Morgan fingerprint density at radius 3 is 2.60 bits per heavy atom. The maximum Gasteiger partial charge on any atom is 0.103 e. The van der Waals surface area contributed by atoms with E-state index in [-0.39, 0.29) is 12.5 Å². The minimum Gasteiger partial charge on any atom is -0.396 e. The standard InChI is InChI=1S/C8H15FO/c9-8-4-2-1-3-7(8)5-6-10/h7-8,10H,1-6H2/t7-,8-/m1/s1. The minimum absolute atomic E-state index is 0.144. The molecule has 60 valence electrons. The molecule has 1 rings (SSSR count). The van der Waals surface area contributed by atoms with Crippen LogP contribution < -0.4 is 0 Å². The smallest absolute Gasteiger partial charge is 0.103 e. The van der Waals surface area contributed by atoms with Gasteiger partial charge in [0.2, 0.25) is 0 Å². The molecule has 0 spiro atoms. The molecule has 2 atom stereocenters. The van der Waals surface area contributed by atoms with Crippen LogP contribution in [0.15, 0.2) is 0 Å². The van der Waals surface area contributed by atoms with Crippen molar-refractivity contribution >= 4 is 0 Å². The molecule has 10 heavy (non-hydrogen) atoms. The van der Waals surface area contributed by atoms with Crippen molar-refractivity contribution < 1.29 is 9.50 Å². The van der Waals surface area contributed by atoms with Gasteiger partial charge in [-0.05, 0) is 25.2 Å². The Labute approximate surface area is 61.2 Å². The molecule has 0 aromatic carbocycles. The van der Waals surface area contributed by atoms with E-state index in [9.17, 15) is 4.39 Å². The van der Waals surface area contributed by atoms with Crippen molar-refractivity contribution in [1.29, 1.82) is 0 Å². The number of hydrogen-bond donors (Lipinski definition) is 1. The first-order valence-corrected chi connectivity index (χ1v) is 4.09. The summed E-state index contributed by atoms with van der Waals surface area (Å²) in [5.41, 5.74) is 0. The molecule has 1 aliphatic carbocycles. The predicted molar refractivity (Wildman–Crippen MR) is 38.6 cm³/mol. The normalized spacial score (nSPS) is 34.2. The zero-order chi connectivity index (χ0) is 7.40. The Hall–Kier alpha value is -0.110. The third kappa shape index (κ3) is 1.94. The van der Waals surface area contributed by atoms with Crippen molar-refractivity contribution in [2.45, 2.75) is 38.3 Å². The van der Waals surface area contributed by atoms with Crippen LogP contribution in [0.2, 0.25) is 0 Å². The van der Waals surface area contributed by atoms with E-state index in [0.29, 0.717) is 12.8 Å². The summed E-state index contributed by atoms with van der Waals surface area (Å²) in [5, 5.41) is 8.57. The van der Waals surface area contributed by atoms with Crippen LogP contribution in [0.4, 0.5) is 4.39 Å². The average Bonchev–Trinajstić information content (AvgIpc) is 1.94. The number of halogens is 1. The highest BCUT2D eigenvalue weighted by Crippen LogP contribution is 2.28. The molecule has 0 aromatic rings. The molecule has 0 amide bonds. The van der Waals surface area contributed by atoms with Crippen molar-refractivity contribution in [2.24, 2.45) is 5.92 Å². The van der Waals surface area contributed by atoms with Gasteiger partial charge in [0.05, 0.1) is 0 Å². The van der Waals surface area contributed by atoms with E-state index in [1.54, 1.807) is 0 Å². The molecule has 1 fully saturated rings. The molecular weight excluding hydrogens is 131 g/mol. The molecule has 1 N–H and O–H groups in total. The number of aliphatic hydroxyl groups excluding tert-OH is 1. The molecule has 1 nitrogen and oxygen atoms in total. The van der Waals surface area contributed by atoms with E-state index >= 15 is 0 Å². The lowest BCUT2D eigenvalue weighted by Gasteiger charge is -2.24. The van der Waals surface area contributed by atoms with Crippen LogP contribution in [0.25, 0.3) is 0 Å². The van der Waals surface area contributed by atoms with Gasteiger partial charge in [-0.25, -0.2) is 4.39 Å². The SMILES string of the molecule is OCC[C@H]1CCCC[C@H]1F. The number of alkyl halides is 1. The zero-order valence-corrected chi connectivity index (χ0v) is 6.22. The summed E-state index contributed by atoms with van der Waals surface area (Å²) in [7, 11) is 0. The van der Waals surface area contributed by atoms with Gasteiger partial charge in [-0.3, -0.25) is 0 Å². The monoisotopic (exact) mass is 146 g/mol. The van der Waals surface area contributed by atoms with E-state index in [2.05, 4.69) is 0 Å². The second-order valence-electron chi connectivity index (χ2n) is 3.07. The number of hydrogen-bond acceptors (Lipinski definition) is 1. The molecule has 1 saturated carbocycles. The van der Waals surface area contributed by atoms with Crippen LogP contribution >= 0.6 is 0 Å². The zero-order valence-electron chi connectivity index (χ0n) is 6.22. The second-order valence-corrected chi connectivity index (χ2v) is 3.07. The Bertz CT molecular complexity index is 93.3. The topological polar surface area (TPSA) is 20.2 Å². The highest BCUT2D eigenvalue weighted by molar-refractivity contribution is 4.74. The van der Waals surface area contributed by atoms with Crippen LogP contribution in [0, 0.1) is 5.92 Å². The minimum atomic E-state index is -0.638. The van der Waals surface area contributed by atoms with Crippen molar-refractivity contribution in [3.8, 4) is 0 Å². The maximum atomic E-state index is 12.9. The molecule has 2 heteroatoms. The first-order valence-electron chi connectivity index (χ1n) is 4.09. The molecule has 1 aliphatic rings. The lowest BCUT2D eigenvalue weighted by molar-refractivity contribution is 0.133. The van der Waals surface area contributed by atoms with Crippen LogP contribution in [-0.4, -0.2) is 17.9 Å². The second kappa shape index (κ2) is 3.91. The lowest BCUT2D eigenvalue weighted by atomic mass is 9.86. The lowest BCUT2D eigenvalue weighted by Crippen LogP contribution is -2.21. The summed E-state index contributed by atoms with van der Waals surface area (Å²) in [6, 6.07) is 0. The van der Waals surface area contributed by atoms with Crippen LogP contribution in [0.1, 0.15) is 32.1 Å². The Kier molecular flexibility index (Phi) is 3.13. The third-order valence-corrected chi connectivity index (χ3v) is 2.32. The summed E-state index contributed by atoms with van der Waals surface area (Å²) < 4.78 is 12.9. The van der Waals surface area contributed by atoms with Gasteiger partial charge in [0, 0.05) is 6.61 Å². The highest BCUT2D eigenvalue weighted by Gasteiger charge is 2.23. The average molecular weight is 146 g/mol. The number of aliphatic hydroxyl groups is 1. The van der Waals surface area contributed by atoms with E-state index < -0.39 is 6.17 Å². The predicted octanol–water partition coefficient (Wildman–Crippen LogP) is 1.90. The van der Waals surface area contributed by atoms with Gasteiger partial charge in [-0.1, -0.05) is 12.8 Å². The van der Waals surface area contributed by atoms with E-state index in [4.69, 9.17) is 5.11 Å². The van der Waals surface area contributed by atoms with Gasteiger partial charge < -0.3 is 5.11 Å². The van der Waals surface area contributed by atoms with Crippen molar-refractivity contribution in [2.75, 3.05) is 6.61 Å². The van der Waals surface area contributed by atoms with Crippen LogP contribution in [0.5, 0.6) is 0 Å². The van der Waals surface area contributed by atoms with E-state index in [1.165, 1.54) is 0 Å². The fourth-order valence-corrected chi connectivity index (χ4v) is 1.65. The summed E-state index contributed by atoms with van der Waals surface area (Å²) in [6.07, 6.45) is 3.88. The Morgan fingerprint density at radius 1 is 1.30 bits per heavy atom. The summed E-state index contributed by atoms with van der Waals surface area (Å²) in [4.78, 5) is 0. The Balaban J connectivity index is 2.25. The summed E-state index contributed by atoms with van der Waals surface area (Å²) in [5.74, 6) is 0.152. The molecule has 0 aliphatic heterocycles. The maximum absolute atomic E-state index is 12.9. The third-order valence-electron chi connectivity index (χ3n) is 2.32. The summed E-state index contributed by atoms with van der Waals surface area (Å²) >= 11 is 0. The molecular formula is C8H15FO. The van der Waals surface area contributed by atoms with Crippen molar-refractivity contribution in [1.82, 2.24) is 0 Å². The van der Waals surface area contributed by atoms with Gasteiger partial charge in [-0.15, -0.1) is 0 Å². The van der Waals surface area contributed by atoms with E-state index in [0.717, 1.165) is 19.3 Å².